The quantitative estimate of drug-likeness (QED) is 0.0612. The second-order valence-electron chi connectivity index (χ2n) is 15.9. The van der Waals surface area contributed by atoms with Crippen LogP contribution >= 0.6 is 0 Å². The molecule has 46 heavy (non-hydrogen) atoms. The van der Waals surface area contributed by atoms with E-state index in [-0.39, 0.29) is 0 Å². The van der Waals surface area contributed by atoms with Gasteiger partial charge in [0.15, 0.2) is 0 Å². The van der Waals surface area contributed by atoms with Crippen LogP contribution in [0.15, 0.2) is 0 Å². The number of rotatable bonds is 39. The Morgan fingerprint density at radius 2 is 0.565 bits per heavy atom. The fourth-order valence-corrected chi connectivity index (χ4v) is 7.61. The van der Waals surface area contributed by atoms with E-state index < -0.39 is 0 Å². The average molecular weight is 649 g/mol. The Hall–Kier alpha value is -0.0800. The normalized spacial score (nSPS) is 13.3. The first-order chi connectivity index (χ1) is 22.6. The van der Waals surface area contributed by atoms with E-state index in [1.807, 2.05) is 0 Å². The van der Waals surface area contributed by atoms with E-state index in [9.17, 15) is 0 Å². The molecule has 0 heterocycles. The van der Waals surface area contributed by atoms with Crippen LogP contribution in [0.5, 0.6) is 0 Å². The van der Waals surface area contributed by atoms with Crippen LogP contribution in [0.2, 0.25) is 0 Å². The van der Waals surface area contributed by atoms with Crippen LogP contribution in [0.4, 0.5) is 0 Å². The van der Waals surface area contributed by atoms with E-state index in [1.165, 1.54) is 232 Å². The van der Waals surface area contributed by atoms with Gasteiger partial charge in [-0.2, -0.15) is 0 Å². The lowest BCUT2D eigenvalue weighted by atomic mass is 9.91. The van der Waals surface area contributed by atoms with Crippen molar-refractivity contribution in [2.75, 3.05) is 40.3 Å². The van der Waals surface area contributed by atoms with E-state index >= 15 is 0 Å². The largest absolute Gasteiger partial charge is 0.309 e. The molecular weight excluding hydrogens is 556 g/mol. The zero-order valence-electron chi connectivity index (χ0n) is 33.5. The first-order valence-electron chi connectivity index (χ1n) is 21.9. The second kappa shape index (κ2) is 37.7. The summed E-state index contributed by atoms with van der Waals surface area (Å²) in [5, 5.41) is 0. The molecule has 0 amide bonds. The maximum atomic E-state index is 3.03. The zero-order valence-corrected chi connectivity index (χ0v) is 33.5. The lowest BCUT2D eigenvalue weighted by molar-refractivity contribution is 0.170. The lowest BCUT2D eigenvalue weighted by Gasteiger charge is -2.31. The van der Waals surface area contributed by atoms with Crippen LogP contribution < -0.4 is 0 Å². The van der Waals surface area contributed by atoms with Gasteiger partial charge in [0.1, 0.15) is 0 Å². The third-order valence-corrected chi connectivity index (χ3v) is 10.7. The summed E-state index contributed by atoms with van der Waals surface area (Å²) in [7, 11) is 4.41. The minimum Gasteiger partial charge on any atom is -0.309 e. The Kier molecular flexibility index (Phi) is 37.7. The molecule has 0 aliphatic rings. The van der Waals surface area contributed by atoms with E-state index in [2.05, 4.69) is 51.6 Å². The van der Waals surface area contributed by atoms with Gasteiger partial charge in [0.05, 0.1) is 0 Å². The van der Waals surface area contributed by atoms with E-state index in [0.29, 0.717) is 0 Å². The highest BCUT2D eigenvalue weighted by molar-refractivity contribution is 4.73. The summed E-state index contributed by atoms with van der Waals surface area (Å²) in [6.07, 6.45) is 46.2. The Balaban J connectivity index is 5.15. The van der Waals surface area contributed by atoms with Crippen LogP contribution in [-0.2, 0) is 0 Å². The summed E-state index contributed by atoms with van der Waals surface area (Å²) in [6.45, 7) is 14.8. The van der Waals surface area contributed by atoms with Gasteiger partial charge in [0.2, 0.25) is 0 Å². The maximum absolute atomic E-state index is 3.03. The highest BCUT2D eigenvalue weighted by Crippen LogP contribution is 2.25. The first-order valence-corrected chi connectivity index (χ1v) is 21.9. The molecular formula is C44H92N2. The molecule has 0 aliphatic heterocycles. The van der Waals surface area contributed by atoms with Crippen molar-refractivity contribution in [3.05, 3.63) is 0 Å². The Labute approximate surface area is 294 Å². The zero-order chi connectivity index (χ0) is 33.8. The molecule has 0 saturated carbocycles. The molecule has 0 aliphatic carbocycles. The molecule has 0 spiro atoms. The number of nitrogens with zero attached hydrogens (tertiary/aromatic N) is 2. The summed E-state index contributed by atoms with van der Waals surface area (Å²) in [4.78, 5) is 5.36. The van der Waals surface area contributed by atoms with E-state index in [0.717, 1.165) is 11.8 Å². The van der Waals surface area contributed by atoms with Crippen molar-refractivity contribution < 1.29 is 0 Å². The Morgan fingerprint density at radius 3 is 0.891 bits per heavy atom. The van der Waals surface area contributed by atoms with Gasteiger partial charge in [-0.1, -0.05) is 195 Å². The summed E-state index contributed by atoms with van der Waals surface area (Å²) in [5.74, 6) is 1.86. The summed E-state index contributed by atoms with van der Waals surface area (Å²) in [5.41, 5.74) is 0. The molecule has 0 aromatic carbocycles. The highest BCUT2D eigenvalue weighted by atomic mass is 15.1. The van der Waals surface area contributed by atoms with Crippen LogP contribution in [0.25, 0.3) is 0 Å². The van der Waals surface area contributed by atoms with Gasteiger partial charge >= 0.3 is 0 Å². The monoisotopic (exact) mass is 649 g/mol. The second-order valence-corrected chi connectivity index (χ2v) is 15.9. The molecule has 2 heteroatoms. The van der Waals surface area contributed by atoms with Gasteiger partial charge < -0.3 is 9.80 Å². The first kappa shape index (κ1) is 45.9. The van der Waals surface area contributed by atoms with Crippen molar-refractivity contribution in [3.8, 4) is 0 Å². The van der Waals surface area contributed by atoms with Gasteiger partial charge in [0.25, 0.3) is 0 Å². The SMILES string of the molecule is CCCCCCCCC(CCCCCC)CN(CCCCCCCCCCN(C)C)CC(CCCCCC)CCCCCCCC. The van der Waals surface area contributed by atoms with Gasteiger partial charge in [-0.3, -0.25) is 0 Å². The molecule has 278 valence electrons. The lowest BCUT2D eigenvalue weighted by Crippen LogP contribution is -2.35. The number of unbranched alkanes of at least 4 members (excludes halogenated alkanes) is 23. The molecule has 0 saturated heterocycles. The fourth-order valence-electron chi connectivity index (χ4n) is 7.61. The van der Waals surface area contributed by atoms with Crippen molar-refractivity contribution in [2.45, 2.75) is 233 Å². The number of hydrogen-bond acceptors (Lipinski definition) is 2. The molecule has 0 aromatic heterocycles. The highest BCUT2D eigenvalue weighted by Gasteiger charge is 2.19. The molecule has 0 radical (unpaired) electrons. The van der Waals surface area contributed by atoms with Crippen molar-refractivity contribution >= 4 is 0 Å². The predicted molar refractivity (Wildman–Crippen MR) is 212 cm³/mol. The maximum Gasteiger partial charge on any atom is 0.000977 e. The van der Waals surface area contributed by atoms with Crippen LogP contribution in [0, 0.1) is 11.8 Å². The van der Waals surface area contributed by atoms with E-state index in [4.69, 9.17) is 0 Å². The summed E-state index contributed by atoms with van der Waals surface area (Å²) < 4.78 is 0. The van der Waals surface area contributed by atoms with Crippen molar-refractivity contribution in [1.29, 1.82) is 0 Å². The molecule has 0 bridgehead atoms. The fraction of sp³-hybridized carbons (Fsp3) is 1.00. The molecule has 0 aromatic rings. The topological polar surface area (TPSA) is 6.48 Å². The summed E-state index contributed by atoms with van der Waals surface area (Å²) >= 11 is 0. The van der Waals surface area contributed by atoms with Crippen LogP contribution in [0.1, 0.15) is 233 Å². The van der Waals surface area contributed by atoms with E-state index in [1.54, 1.807) is 0 Å². The van der Waals surface area contributed by atoms with Crippen molar-refractivity contribution in [2.24, 2.45) is 11.8 Å². The number of hydrogen-bond donors (Lipinski definition) is 0. The molecule has 0 N–H and O–H groups in total. The van der Waals surface area contributed by atoms with Crippen molar-refractivity contribution in [1.82, 2.24) is 9.80 Å². The molecule has 2 nitrogen and oxygen atoms in total. The average Bonchev–Trinajstić information content (AvgIpc) is 3.04. The third-order valence-electron chi connectivity index (χ3n) is 10.7. The molecule has 0 rings (SSSR count). The van der Waals surface area contributed by atoms with Crippen molar-refractivity contribution in [3.63, 3.8) is 0 Å². The molecule has 2 atom stereocenters. The minimum absolute atomic E-state index is 0.931. The smallest absolute Gasteiger partial charge is 0.000977 e. The Morgan fingerprint density at radius 1 is 0.304 bits per heavy atom. The minimum atomic E-state index is 0.931. The van der Waals surface area contributed by atoms with Crippen LogP contribution in [-0.4, -0.2) is 50.1 Å². The molecule has 2 unspecified atom stereocenters. The Bertz CT molecular complexity index is 512. The summed E-state index contributed by atoms with van der Waals surface area (Å²) in [6, 6.07) is 0. The van der Waals surface area contributed by atoms with Gasteiger partial charge in [-0.15, -0.1) is 0 Å². The van der Waals surface area contributed by atoms with Gasteiger partial charge in [-0.05, 0) is 77.5 Å². The van der Waals surface area contributed by atoms with Gasteiger partial charge in [-0.25, -0.2) is 0 Å². The van der Waals surface area contributed by atoms with Gasteiger partial charge in [0, 0.05) is 13.1 Å². The standard InChI is InChI=1S/C44H92N2/c1-7-11-15-19-25-31-37-43(35-29-17-13-9-3)41-46(40-34-28-24-22-21-23-27-33-39-45(5)6)42-44(36-30-18-14-10-4)38-32-26-20-16-12-8-2/h43-44H,7-42H2,1-6H3. The predicted octanol–water partition coefficient (Wildman–Crippen LogP) is 14.6. The third kappa shape index (κ3) is 33.8. The molecule has 0 fully saturated rings. The van der Waals surface area contributed by atoms with Crippen LogP contribution in [0.3, 0.4) is 0 Å².